The number of carboxylic acid groups (broad SMARTS) is 1. The van der Waals surface area contributed by atoms with E-state index in [0.29, 0.717) is 19.4 Å². The van der Waals surface area contributed by atoms with Crippen molar-refractivity contribution in [3.05, 3.63) is 35.9 Å². The monoisotopic (exact) mass is 503 g/mol. The first-order valence-corrected chi connectivity index (χ1v) is 12.3. The maximum atomic E-state index is 13.2. The van der Waals surface area contributed by atoms with E-state index >= 15 is 0 Å². The lowest BCUT2D eigenvalue weighted by molar-refractivity contribution is -0.143. The molecule has 198 valence electrons. The van der Waals surface area contributed by atoms with Crippen LogP contribution in [0.15, 0.2) is 30.3 Å². The predicted octanol–water partition coefficient (Wildman–Crippen LogP) is 0.767. The highest BCUT2D eigenvalue weighted by atomic mass is 16.4. The van der Waals surface area contributed by atoms with Gasteiger partial charge in [-0.3, -0.25) is 14.4 Å². The number of nitrogens with zero attached hydrogens (tertiary/aromatic N) is 1. The predicted molar refractivity (Wildman–Crippen MR) is 133 cm³/mol. The molecule has 0 saturated carbocycles. The van der Waals surface area contributed by atoms with Crippen molar-refractivity contribution >= 4 is 29.7 Å². The number of carboxylic acids is 1. The molecule has 1 heterocycles. The number of aliphatic carboxylic acids is 1. The van der Waals surface area contributed by atoms with Crippen molar-refractivity contribution < 1.29 is 29.1 Å². The van der Waals surface area contributed by atoms with Crippen molar-refractivity contribution in [2.24, 2.45) is 11.7 Å². The van der Waals surface area contributed by atoms with Gasteiger partial charge in [0.1, 0.15) is 24.2 Å². The van der Waals surface area contributed by atoms with E-state index in [-0.39, 0.29) is 25.2 Å². The van der Waals surface area contributed by atoms with Gasteiger partial charge >= 0.3 is 12.0 Å². The molecule has 5 amide bonds. The quantitative estimate of drug-likeness (QED) is 0.184. The topological polar surface area (TPSA) is 171 Å². The Morgan fingerprint density at radius 1 is 1.06 bits per heavy atom. The van der Waals surface area contributed by atoms with Gasteiger partial charge in [0.15, 0.2) is 0 Å². The molecule has 0 aromatic heterocycles. The normalized spacial score (nSPS) is 17.9. The van der Waals surface area contributed by atoms with Gasteiger partial charge in [0, 0.05) is 6.42 Å². The van der Waals surface area contributed by atoms with Crippen LogP contribution in [0.1, 0.15) is 52.0 Å². The first-order valence-electron chi connectivity index (χ1n) is 12.3. The van der Waals surface area contributed by atoms with E-state index in [4.69, 9.17) is 5.73 Å². The Morgan fingerprint density at radius 3 is 2.31 bits per heavy atom. The van der Waals surface area contributed by atoms with Crippen LogP contribution in [0.25, 0.3) is 0 Å². The van der Waals surface area contributed by atoms with Crippen LogP contribution in [-0.2, 0) is 25.6 Å². The van der Waals surface area contributed by atoms with E-state index in [1.807, 2.05) is 44.2 Å². The minimum absolute atomic E-state index is 0.0340. The molecular formula is C25H37N5O6. The Hall–Kier alpha value is -3.47. The van der Waals surface area contributed by atoms with Crippen molar-refractivity contribution in [2.45, 2.75) is 77.0 Å². The summed E-state index contributed by atoms with van der Waals surface area (Å²) in [6, 6.07) is 4.42. The highest BCUT2D eigenvalue weighted by molar-refractivity contribution is 6.08. The second kappa shape index (κ2) is 13.6. The first-order chi connectivity index (χ1) is 17.0. The van der Waals surface area contributed by atoms with E-state index in [1.54, 1.807) is 0 Å². The molecule has 0 aliphatic carbocycles. The summed E-state index contributed by atoms with van der Waals surface area (Å²) in [4.78, 5) is 64.1. The molecule has 36 heavy (non-hydrogen) atoms. The van der Waals surface area contributed by atoms with Crippen LogP contribution < -0.4 is 21.7 Å². The smallest absolute Gasteiger partial charge is 0.326 e. The summed E-state index contributed by atoms with van der Waals surface area (Å²) in [5.74, 6) is -2.99. The molecule has 1 aliphatic rings. The molecule has 0 radical (unpaired) electrons. The average Bonchev–Trinajstić information content (AvgIpc) is 3.09. The van der Waals surface area contributed by atoms with Crippen molar-refractivity contribution in [1.29, 1.82) is 0 Å². The fourth-order valence-corrected chi connectivity index (χ4v) is 4.06. The third-order valence-corrected chi connectivity index (χ3v) is 5.95. The molecule has 11 nitrogen and oxygen atoms in total. The van der Waals surface area contributed by atoms with Crippen molar-refractivity contribution in [3.8, 4) is 0 Å². The number of hydrogen-bond acceptors (Lipinski definition) is 6. The Bertz CT molecular complexity index is 938. The maximum Gasteiger partial charge on any atom is 0.326 e. The van der Waals surface area contributed by atoms with E-state index in [2.05, 4.69) is 16.0 Å². The summed E-state index contributed by atoms with van der Waals surface area (Å²) in [7, 11) is 0. The second-order valence-corrected chi connectivity index (χ2v) is 9.46. The number of urea groups is 1. The van der Waals surface area contributed by atoms with Gasteiger partial charge in [0.2, 0.25) is 11.8 Å². The molecule has 0 unspecified atom stereocenters. The lowest BCUT2D eigenvalue weighted by Crippen LogP contribution is -2.56. The summed E-state index contributed by atoms with van der Waals surface area (Å²) in [5, 5.41) is 17.0. The number of benzene rings is 1. The van der Waals surface area contributed by atoms with Gasteiger partial charge in [-0.15, -0.1) is 0 Å². The zero-order chi connectivity index (χ0) is 26.8. The SMILES string of the molecule is CC(C)C[C@H](NC(=O)[C@H](C)NC(=O)[C@@H](CCCCN)N1C(=O)N[C@@H](Cc2ccccc2)C1=O)C(=O)O. The molecule has 0 bridgehead atoms. The summed E-state index contributed by atoms with van der Waals surface area (Å²) >= 11 is 0. The Kier molecular flexibility index (Phi) is 10.8. The number of nitrogens with two attached hydrogens (primary N) is 1. The van der Waals surface area contributed by atoms with Crippen LogP contribution in [0.2, 0.25) is 0 Å². The first kappa shape index (κ1) is 28.8. The number of nitrogens with one attached hydrogen (secondary N) is 3. The molecule has 1 fully saturated rings. The van der Waals surface area contributed by atoms with Crippen LogP contribution in [0.5, 0.6) is 0 Å². The molecule has 1 aromatic rings. The third kappa shape index (κ3) is 8.04. The molecule has 0 spiro atoms. The largest absolute Gasteiger partial charge is 0.480 e. The van der Waals surface area contributed by atoms with Gasteiger partial charge in [-0.1, -0.05) is 44.2 Å². The van der Waals surface area contributed by atoms with Crippen molar-refractivity contribution in [3.63, 3.8) is 0 Å². The summed E-state index contributed by atoms with van der Waals surface area (Å²) in [6.45, 7) is 5.48. The zero-order valence-electron chi connectivity index (χ0n) is 21.0. The molecule has 6 N–H and O–H groups in total. The van der Waals surface area contributed by atoms with Crippen LogP contribution >= 0.6 is 0 Å². The Labute approximate surface area is 211 Å². The average molecular weight is 504 g/mol. The van der Waals surface area contributed by atoms with Crippen LogP contribution in [0.4, 0.5) is 4.79 Å². The van der Waals surface area contributed by atoms with Crippen LogP contribution in [-0.4, -0.2) is 70.4 Å². The molecule has 2 rings (SSSR count). The molecule has 1 saturated heterocycles. The van der Waals surface area contributed by atoms with E-state index < -0.39 is 53.9 Å². The van der Waals surface area contributed by atoms with Gasteiger partial charge in [-0.2, -0.15) is 0 Å². The Morgan fingerprint density at radius 2 is 1.72 bits per heavy atom. The van der Waals surface area contributed by atoms with Crippen molar-refractivity contribution in [1.82, 2.24) is 20.9 Å². The molecule has 1 aliphatic heterocycles. The van der Waals surface area contributed by atoms with E-state index in [1.165, 1.54) is 6.92 Å². The maximum absolute atomic E-state index is 13.2. The summed E-state index contributed by atoms with van der Waals surface area (Å²) in [6.07, 6.45) is 1.77. The van der Waals surface area contributed by atoms with Crippen molar-refractivity contribution in [2.75, 3.05) is 6.54 Å². The van der Waals surface area contributed by atoms with Crippen LogP contribution in [0, 0.1) is 5.92 Å². The number of carbonyl (C=O) groups is 5. The second-order valence-electron chi connectivity index (χ2n) is 9.46. The zero-order valence-corrected chi connectivity index (χ0v) is 21.0. The molecule has 1 aromatic carbocycles. The standard InChI is InChI=1S/C25H37N5O6/c1-15(2)13-19(24(34)35)28-21(31)16(3)27-22(32)20(11-7-8-12-26)30-23(33)18(29-25(30)36)14-17-9-5-4-6-10-17/h4-6,9-10,15-16,18-20H,7-8,11-14,26H2,1-3H3,(H,27,32)(H,28,31)(H,29,36)(H,34,35)/t16-,18-,19-,20+/m0/s1. The lowest BCUT2D eigenvalue weighted by Gasteiger charge is -2.26. The van der Waals surface area contributed by atoms with Gasteiger partial charge in [0.25, 0.3) is 5.91 Å². The third-order valence-electron chi connectivity index (χ3n) is 5.95. The number of unbranched alkanes of at least 4 members (excludes halogenated alkanes) is 1. The number of amides is 5. The minimum Gasteiger partial charge on any atom is -0.480 e. The Balaban J connectivity index is 2.12. The molecule has 11 heteroatoms. The fourth-order valence-electron chi connectivity index (χ4n) is 4.06. The number of carbonyl (C=O) groups excluding carboxylic acids is 4. The van der Waals surface area contributed by atoms with Crippen LogP contribution in [0.3, 0.4) is 0 Å². The van der Waals surface area contributed by atoms with Gasteiger partial charge in [-0.25, -0.2) is 14.5 Å². The lowest BCUT2D eigenvalue weighted by atomic mass is 10.0. The van der Waals surface area contributed by atoms with E-state index in [9.17, 15) is 29.1 Å². The number of rotatable bonds is 14. The number of imide groups is 1. The number of hydrogen-bond donors (Lipinski definition) is 5. The van der Waals surface area contributed by atoms with Gasteiger partial charge in [-0.05, 0) is 50.6 Å². The highest BCUT2D eigenvalue weighted by Gasteiger charge is 2.44. The van der Waals surface area contributed by atoms with Gasteiger partial charge < -0.3 is 26.8 Å². The molecule has 4 atom stereocenters. The minimum atomic E-state index is -1.17. The molecular weight excluding hydrogens is 466 g/mol. The van der Waals surface area contributed by atoms with Gasteiger partial charge in [0.05, 0.1) is 0 Å². The summed E-state index contributed by atoms with van der Waals surface area (Å²) < 4.78 is 0. The fraction of sp³-hybridized carbons (Fsp3) is 0.560. The van der Waals surface area contributed by atoms with E-state index in [0.717, 1.165) is 10.5 Å². The summed E-state index contributed by atoms with van der Waals surface area (Å²) in [5.41, 5.74) is 6.43. The highest BCUT2D eigenvalue weighted by Crippen LogP contribution is 2.19.